The van der Waals surface area contributed by atoms with Crippen molar-refractivity contribution in [2.45, 2.75) is 18.8 Å². The molecule has 3 heterocycles. The van der Waals surface area contributed by atoms with Gasteiger partial charge >= 0.3 is 0 Å². The molecule has 2 nitrogen and oxygen atoms in total. The maximum atomic E-state index is 2.46. The molecule has 62 heavy (non-hydrogen) atoms. The molecule has 0 saturated carbocycles. The Morgan fingerprint density at radius 2 is 0.871 bits per heavy atom. The van der Waals surface area contributed by atoms with Crippen molar-refractivity contribution in [1.29, 1.82) is 0 Å². The van der Waals surface area contributed by atoms with E-state index < -0.39 is 0 Å². The first kappa shape index (κ1) is 35.3. The molecule has 0 spiro atoms. The summed E-state index contributed by atoms with van der Waals surface area (Å²) in [5.74, 6) is 0. The minimum Gasteiger partial charge on any atom is -0.309 e. The Morgan fingerprint density at radius 3 is 1.55 bits per heavy atom. The third kappa shape index (κ3) is 5.42. The molecule has 3 heteroatoms. The molecule has 12 aromatic rings. The number of aromatic nitrogens is 2. The second kappa shape index (κ2) is 13.5. The van der Waals surface area contributed by atoms with Crippen molar-refractivity contribution < 1.29 is 0 Å². The highest BCUT2D eigenvalue weighted by Gasteiger charge is 2.25. The Morgan fingerprint density at radius 1 is 0.387 bits per heavy atom. The van der Waals surface area contributed by atoms with Crippen molar-refractivity contribution in [2.24, 2.45) is 0 Å². The van der Waals surface area contributed by atoms with Gasteiger partial charge in [-0.2, -0.15) is 0 Å². The fourth-order valence-electron chi connectivity index (χ4n) is 10.3. The molecule has 13 rings (SSSR count). The monoisotopic (exact) mass is 808 g/mol. The van der Waals surface area contributed by atoms with Gasteiger partial charge in [-0.1, -0.05) is 134 Å². The lowest BCUT2D eigenvalue weighted by Crippen LogP contribution is -2.34. The number of para-hydroxylation sites is 2. The van der Waals surface area contributed by atoms with Gasteiger partial charge in [0, 0.05) is 58.5 Å². The van der Waals surface area contributed by atoms with Gasteiger partial charge in [0.2, 0.25) is 0 Å². The smallest absolute Gasteiger partial charge is 0.0541 e. The zero-order chi connectivity index (χ0) is 40.9. The summed E-state index contributed by atoms with van der Waals surface area (Å²) in [6.07, 6.45) is 5.83. The highest BCUT2D eigenvalue weighted by molar-refractivity contribution is 7.25. The second-order valence-corrected chi connectivity index (χ2v) is 18.3. The van der Waals surface area contributed by atoms with E-state index in [1.807, 2.05) is 11.3 Å². The predicted molar refractivity (Wildman–Crippen MR) is 265 cm³/mol. The number of hydrogen-bond donors (Lipinski definition) is 0. The van der Waals surface area contributed by atoms with E-state index in [4.69, 9.17) is 0 Å². The highest BCUT2D eigenvalue weighted by Crippen LogP contribution is 2.42. The van der Waals surface area contributed by atoms with Crippen molar-refractivity contribution in [3.05, 3.63) is 216 Å². The van der Waals surface area contributed by atoms with Crippen LogP contribution in [0.25, 0.3) is 110 Å². The zero-order valence-corrected chi connectivity index (χ0v) is 35.0. The van der Waals surface area contributed by atoms with E-state index in [2.05, 4.69) is 228 Å². The molecule has 0 bridgehead atoms. The number of benzene rings is 9. The van der Waals surface area contributed by atoms with E-state index in [0.717, 1.165) is 6.42 Å². The van der Waals surface area contributed by atoms with Crippen molar-refractivity contribution in [3.8, 4) is 33.6 Å². The number of rotatable bonds is 5. The molecular weight excluding hydrogens is 769 g/mol. The van der Waals surface area contributed by atoms with Crippen LogP contribution in [0, 0.1) is 0 Å². The van der Waals surface area contributed by atoms with Gasteiger partial charge in [0.25, 0.3) is 0 Å². The van der Waals surface area contributed by atoms with Gasteiger partial charge in [-0.3, -0.25) is 0 Å². The summed E-state index contributed by atoms with van der Waals surface area (Å²) in [4.78, 5) is 0. The molecule has 0 amide bonds. The van der Waals surface area contributed by atoms with Crippen LogP contribution in [0.3, 0.4) is 0 Å². The minimum absolute atomic E-state index is 0.0686. The first-order valence-electron chi connectivity index (χ1n) is 21.5. The summed E-state index contributed by atoms with van der Waals surface area (Å²) in [5.41, 5.74) is 13.3. The highest BCUT2D eigenvalue weighted by atomic mass is 32.1. The van der Waals surface area contributed by atoms with E-state index in [0.29, 0.717) is 0 Å². The molecule has 1 atom stereocenters. The summed E-state index contributed by atoms with van der Waals surface area (Å²) in [7, 11) is 0. The quantitative estimate of drug-likeness (QED) is 0.164. The summed E-state index contributed by atoms with van der Waals surface area (Å²) in [5, 5.41) is 10.3. The van der Waals surface area contributed by atoms with Crippen molar-refractivity contribution in [1.82, 2.24) is 9.13 Å². The van der Waals surface area contributed by atoms with Gasteiger partial charge in [-0.05, 0) is 130 Å². The van der Waals surface area contributed by atoms with E-state index in [9.17, 15) is 0 Å². The fourth-order valence-corrected chi connectivity index (χ4v) is 11.4. The molecule has 0 saturated heterocycles. The van der Waals surface area contributed by atoms with Crippen LogP contribution in [-0.4, -0.2) is 9.13 Å². The molecule has 292 valence electrons. The van der Waals surface area contributed by atoms with Crippen LogP contribution >= 0.6 is 11.3 Å². The van der Waals surface area contributed by atoms with Gasteiger partial charge in [0.15, 0.2) is 0 Å². The topological polar surface area (TPSA) is 9.86 Å². The van der Waals surface area contributed by atoms with Crippen molar-refractivity contribution in [3.63, 3.8) is 0 Å². The summed E-state index contributed by atoms with van der Waals surface area (Å²) in [6.45, 7) is 2.37. The Labute approximate surface area is 363 Å². The van der Waals surface area contributed by atoms with E-state index in [1.54, 1.807) is 0 Å². The first-order valence-corrected chi connectivity index (χ1v) is 22.4. The average Bonchev–Trinajstić information content (AvgIpc) is 3.98. The van der Waals surface area contributed by atoms with E-state index in [1.165, 1.54) is 113 Å². The molecule has 0 radical (unpaired) electrons. The lowest BCUT2D eigenvalue weighted by molar-refractivity contribution is 0.653. The molecule has 0 fully saturated rings. The van der Waals surface area contributed by atoms with E-state index in [-0.39, 0.29) is 5.41 Å². The minimum atomic E-state index is -0.0686. The number of hydrogen-bond acceptors (Lipinski definition) is 1. The summed E-state index contributed by atoms with van der Waals surface area (Å²) < 4.78 is 7.50. The first-order chi connectivity index (χ1) is 30.6. The lowest BCUT2D eigenvalue weighted by atomic mass is 9.76. The van der Waals surface area contributed by atoms with Crippen LogP contribution in [-0.2, 0) is 5.41 Å². The number of thiophene rings is 1. The molecule has 1 aliphatic rings. The largest absolute Gasteiger partial charge is 0.309 e. The molecule has 1 unspecified atom stereocenters. The lowest BCUT2D eigenvalue weighted by Gasteiger charge is -2.28. The molecular formula is C59H40N2S. The van der Waals surface area contributed by atoms with Gasteiger partial charge in [0.05, 0.1) is 22.1 Å². The van der Waals surface area contributed by atoms with Crippen LogP contribution in [0.1, 0.15) is 18.9 Å². The third-order valence-electron chi connectivity index (χ3n) is 13.5. The molecule has 1 aliphatic carbocycles. The average molecular weight is 809 g/mol. The van der Waals surface area contributed by atoms with Crippen LogP contribution < -0.4 is 10.4 Å². The molecule has 9 aromatic carbocycles. The summed E-state index contributed by atoms with van der Waals surface area (Å²) >= 11 is 1.87. The Kier molecular flexibility index (Phi) is 7.70. The van der Waals surface area contributed by atoms with Crippen LogP contribution in [0.2, 0.25) is 0 Å². The Balaban J connectivity index is 0.985. The van der Waals surface area contributed by atoms with Crippen LogP contribution in [0.5, 0.6) is 0 Å². The normalized spacial score (nSPS) is 15.1. The maximum Gasteiger partial charge on any atom is 0.0541 e. The number of fused-ring (bicyclic) bond motifs is 10. The van der Waals surface area contributed by atoms with Crippen LogP contribution in [0.15, 0.2) is 200 Å². The van der Waals surface area contributed by atoms with Crippen molar-refractivity contribution in [2.75, 3.05) is 0 Å². The van der Waals surface area contributed by atoms with Gasteiger partial charge < -0.3 is 9.13 Å². The SMILES string of the molecule is CC1(c2ccc(-n3c4ccc(-c5ccc6sc7ccccc7c6c5)cc4c4cc(-c5ccc6c(c5)c5ccccc5n6-c5ccccc5)ccc43)cc2)C=c2ccccc2=CC1. The summed E-state index contributed by atoms with van der Waals surface area (Å²) in [6, 6.07) is 74.4. The predicted octanol–water partition coefficient (Wildman–Crippen LogP) is 14.5. The van der Waals surface area contributed by atoms with Crippen LogP contribution in [0.4, 0.5) is 0 Å². The maximum absolute atomic E-state index is 2.46. The fraction of sp³-hybridized carbons (Fsp3) is 0.0508. The van der Waals surface area contributed by atoms with Gasteiger partial charge in [0.1, 0.15) is 0 Å². The third-order valence-corrected chi connectivity index (χ3v) is 14.6. The molecule has 0 aliphatic heterocycles. The standard InChI is InChI=1S/C59H40N2S/c1-59(32-31-38-11-5-6-12-43(38)37-59)44-23-25-46(26-24-44)61-55-28-20-40(39-19-27-54-49(33-39)47-15-7-9-17-53(47)60(54)45-13-3-2-4-14-45)34-50(55)51-35-41(21-29-56(51)61)42-22-30-58-52(36-42)48-16-8-10-18-57(48)62-58/h2-31,33-37H,32H2,1H3. The number of nitrogens with zero attached hydrogens (tertiary/aromatic N) is 2. The van der Waals surface area contributed by atoms with Gasteiger partial charge in [-0.25, -0.2) is 0 Å². The molecule has 3 aromatic heterocycles. The molecule has 0 N–H and O–H groups in total. The Bertz CT molecular complexity index is 3900. The zero-order valence-electron chi connectivity index (χ0n) is 34.2. The Hall–Kier alpha value is -7.46. The second-order valence-electron chi connectivity index (χ2n) is 17.2. The van der Waals surface area contributed by atoms with Crippen molar-refractivity contribution >= 4 is 87.3 Å². The van der Waals surface area contributed by atoms with Gasteiger partial charge in [-0.15, -0.1) is 11.3 Å². The van der Waals surface area contributed by atoms with E-state index >= 15 is 0 Å².